The van der Waals surface area contributed by atoms with Crippen LogP contribution in [0.4, 0.5) is 5.69 Å². The number of amides is 1. The monoisotopic (exact) mass is 504 g/mol. The molecule has 1 aliphatic heterocycles. The molecule has 1 heterocycles. The summed E-state index contributed by atoms with van der Waals surface area (Å²) in [6.07, 6.45) is 0. The van der Waals surface area contributed by atoms with Gasteiger partial charge in [-0.2, -0.15) is 0 Å². The van der Waals surface area contributed by atoms with Crippen molar-refractivity contribution in [3.8, 4) is 23.0 Å². The molecule has 4 rings (SSSR count). The van der Waals surface area contributed by atoms with Crippen LogP contribution >= 0.6 is 0 Å². The van der Waals surface area contributed by atoms with Gasteiger partial charge in [-0.25, -0.2) is 0 Å². The Morgan fingerprint density at radius 1 is 0.730 bits per heavy atom. The minimum Gasteiger partial charge on any atom is -0.490 e. The molecule has 0 radical (unpaired) electrons. The van der Waals surface area contributed by atoms with E-state index in [1.807, 2.05) is 56.0 Å². The van der Waals surface area contributed by atoms with E-state index in [2.05, 4.69) is 29.2 Å². The fourth-order valence-electron chi connectivity index (χ4n) is 4.36. The van der Waals surface area contributed by atoms with Crippen LogP contribution in [-0.2, 0) is 6.61 Å². The maximum atomic E-state index is 13.4. The molecule has 7 nitrogen and oxygen atoms in total. The normalized spacial score (nSPS) is 13.3. The number of hydrogen-bond donors (Lipinski definition) is 0. The molecule has 0 saturated carbocycles. The summed E-state index contributed by atoms with van der Waals surface area (Å²) in [5, 5.41) is 0. The molecular formula is C30H36N2O5. The first kappa shape index (κ1) is 26.2. The molecule has 0 aromatic heterocycles. The van der Waals surface area contributed by atoms with E-state index in [0.717, 1.165) is 30.1 Å². The van der Waals surface area contributed by atoms with Crippen molar-refractivity contribution in [1.82, 2.24) is 4.90 Å². The van der Waals surface area contributed by atoms with E-state index in [1.165, 1.54) is 0 Å². The number of rotatable bonds is 11. The van der Waals surface area contributed by atoms with E-state index in [9.17, 15) is 4.79 Å². The van der Waals surface area contributed by atoms with Crippen LogP contribution in [0.5, 0.6) is 23.0 Å². The lowest BCUT2D eigenvalue weighted by Crippen LogP contribution is -2.48. The van der Waals surface area contributed by atoms with Gasteiger partial charge in [-0.1, -0.05) is 30.3 Å². The van der Waals surface area contributed by atoms with E-state index >= 15 is 0 Å². The average molecular weight is 505 g/mol. The van der Waals surface area contributed by atoms with Crippen molar-refractivity contribution >= 4 is 11.6 Å². The summed E-state index contributed by atoms with van der Waals surface area (Å²) < 4.78 is 23.3. The zero-order chi connectivity index (χ0) is 26.0. The standard InChI is InChI=1S/C30H36N2O5/c1-4-34-27-20-24(21-28(35-5-2)29(27)36-6-3)30(33)32-18-16-31(17-19-32)25-12-14-26(15-13-25)37-22-23-10-8-7-9-11-23/h7-15,20-21H,4-6,16-19,22H2,1-3H3. The van der Waals surface area contributed by atoms with Crippen LogP contribution in [0.2, 0.25) is 0 Å². The number of carbonyl (C=O) groups excluding carboxylic acids is 1. The molecule has 196 valence electrons. The highest BCUT2D eigenvalue weighted by Crippen LogP contribution is 2.39. The van der Waals surface area contributed by atoms with Crippen molar-refractivity contribution in [2.75, 3.05) is 50.9 Å². The Hall–Kier alpha value is -3.87. The summed E-state index contributed by atoms with van der Waals surface area (Å²) in [6.45, 7) is 10.5. The molecule has 0 atom stereocenters. The maximum Gasteiger partial charge on any atom is 0.254 e. The lowest BCUT2D eigenvalue weighted by molar-refractivity contribution is 0.0745. The van der Waals surface area contributed by atoms with Gasteiger partial charge in [0.2, 0.25) is 5.75 Å². The Kier molecular flexibility index (Phi) is 9.13. The second-order valence-corrected chi connectivity index (χ2v) is 8.65. The third-order valence-electron chi connectivity index (χ3n) is 6.17. The fourth-order valence-corrected chi connectivity index (χ4v) is 4.36. The van der Waals surface area contributed by atoms with Crippen LogP contribution in [0.15, 0.2) is 66.7 Å². The molecule has 1 aliphatic rings. The van der Waals surface area contributed by atoms with Crippen molar-refractivity contribution < 1.29 is 23.7 Å². The summed E-state index contributed by atoms with van der Waals surface area (Å²) in [6, 6.07) is 21.8. The molecule has 1 saturated heterocycles. The fraction of sp³-hybridized carbons (Fsp3) is 0.367. The quantitative estimate of drug-likeness (QED) is 0.347. The number of hydrogen-bond acceptors (Lipinski definition) is 6. The van der Waals surface area contributed by atoms with Gasteiger partial charge in [0, 0.05) is 37.4 Å². The van der Waals surface area contributed by atoms with Crippen molar-refractivity contribution in [2.24, 2.45) is 0 Å². The predicted molar refractivity (Wildman–Crippen MR) is 145 cm³/mol. The van der Waals surface area contributed by atoms with Crippen molar-refractivity contribution in [2.45, 2.75) is 27.4 Å². The molecule has 3 aromatic rings. The Morgan fingerprint density at radius 3 is 1.89 bits per heavy atom. The van der Waals surface area contributed by atoms with Gasteiger partial charge < -0.3 is 28.7 Å². The highest BCUT2D eigenvalue weighted by molar-refractivity contribution is 5.96. The maximum absolute atomic E-state index is 13.4. The Balaban J connectivity index is 1.38. The van der Waals surface area contributed by atoms with E-state index in [1.54, 1.807) is 12.1 Å². The summed E-state index contributed by atoms with van der Waals surface area (Å²) in [7, 11) is 0. The minimum absolute atomic E-state index is 0.0331. The zero-order valence-electron chi connectivity index (χ0n) is 21.9. The van der Waals surface area contributed by atoms with Gasteiger partial charge in [-0.05, 0) is 62.7 Å². The highest BCUT2D eigenvalue weighted by Gasteiger charge is 2.25. The van der Waals surface area contributed by atoms with Crippen molar-refractivity contribution in [3.63, 3.8) is 0 Å². The Morgan fingerprint density at radius 2 is 1.32 bits per heavy atom. The second-order valence-electron chi connectivity index (χ2n) is 8.65. The van der Waals surface area contributed by atoms with Crippen LogP contribution in [0.3, 0.4) is 0 Å². The minimum atomic E-state index is -0.0331. The largest absolute Gasteiger partial charge is 0.490 e. The number of carbonyl (C=O) groups is 1. The van der Waals surface area contributed by atoms with Gasteiger partial charge in [0.1, 0.15) is 12.4 Å². The predicted octanol–water partition coefficient (Wildman–Crippen LogP) is 5.42. The van der Waals surface area contributed by atoms with Gasteiger partial charge in [-0.3, -0.25) is 4.79 Å². The van der Waals surface area contributed by atoms with Gasteiger partial charge >= 0.3 is 0 Å². The number of nitrogens with zero attached hydrogens (tertiary/aromatic N) is 2. The topological polar surface area (TPSA) is 60.5 Å². The Labute approximate surface area is 219 Å². The van der Waals surface area contributed by atoms with Crippen molar-refractivity contribution in [1.29, 1.82) is 0 Å². The first-order valence-corrected chi connectivity index (χ1v) is 13.0. The van der Waals surface area contributed by atoms with Gasteiger partial charge in [-0.15, -0.1) is 0 Å². The molecule has 37 heavy (non-hydrogen) atoms. The summed E-state index contributed by atoms with van der Waals surface area (Å²) in [4.78, 5) is 17.6. The number of ether oxygens (including phenoxy) is 4. The van der Waals surface area contributed by atoms with E-state index in [-0.39, 0.29) is 5.91 Å². The molecule has 1 fully saturated rings. The van der Waals surface area contributed by atoms with Crippen LogP contribution in [0.25, 0.3) is 0 Å². The van der Waals surface area contributed by atoms with E-state index in [4.69, 9.17) is 18.9 Å². The van der Waals surface area contributed by atoms with E-state index < -0.39 is 0 Å². The SMILES string of the molecule is CCOc1cc(C(=O)N2CCN(c3ccc(OCc4ccccc4)cc3)CC2)cc(OCC)c1OCC. The van der Waals surface area contributed by atoms with Crippen LogP contribution in [-0.4, -0.2) is 56.8 Å². The zero-order valence-corrected chi connectivity index (χ0v) is 21.9. The smallest absolute Gasteiger partial charge is 0.254 e. The van der Waals surface area contributed by atoms with Gasteiger partial charge in [0.05, 0.1) is 19.8 Å². The molecule has 0 unspecified atom stereocenters. The van der Waals surface area contributed by atoms with E-state index in [0.29, 0.717) is 62.3 Å². The highest BCUT2D eigenvalue weighted by atomic mass is 16.5. The number of anilines is 1. The first-order valence-electron chi connectivity index (χ1n) is 13.0. The molecule has 3 aromatic carbocycles. The molecule has 0 spiro atoms. The van der Waals surface area contributed by atoms with Crippen LogP contribution in [0.1, 0.15) is 36.7 Å². The molecule has 0 N–H and O–H groups in total. The number of piperazine rings is 1. The molecule has 1 amide bonds. The molecule has 0 aliphatic carbocycles. The second kappa shape index (κ2) is 12.9. The van der Waals surface area contributed by atoms with Gasteiger partial charge in [0.25, 0.3) is 5.91 Å². The summed E-state index contributed by atoms with van der Waals surface area (Å²) in [5.74, 6) is 2.42. The first-order chi connectivity index (χ1) is 18.1. The molecule has 0 bridgehead atoms. The lowest BCUT2D eigenvalue weighted by Gasteiger charge is -2.36. The summed E-state index contributed by atoms with van der Waals surface area (Å²) in [5.41, 5.74) is 2.81. The molecular weight excluding hydrogens is 468 g/mol. The van der Waals surface area contributed by atoms with Crippen molar-refractivity contribution in [3.05, 3.63) is 77.9 Å². The third-order valence-corrected chi connectivity index (χ3v) is 6.17. The Bertz CT molecular complexity index is 1120. The van der Waals surface area contributed by atoms with Crippen LogP contribution < -0.4 is 23.8 Å². The third kappa shape index (κ3) is 6.67. The molecule has 7 heteroatoms. The number of benzene rings is 3. The average Bonchev–Trinajstić information content (AvgIpc) is 2.94. The van der Waals surface area contributed by atoms with Crippen LogP contribution in [0, 0.1) is 0 Å². The summed E-state index contributed by atoms with van der Waals surface area (Å²) >= 11 is 0. The van der Waals surface area contributed by atoms with Gasteiger partial charge in [0.15, 0.2) is 11.5 Å². The lowest BCUT2D eigenvalue weighted by atomic mass is 10.1.